The van der Waals surface area contributed by atoms with Crippen LogP contribution in [0.15, 0.2) is 72.8 Å². The van der Waals surface area contributed by atoms with E-state index in [1.165, 1.54) is 0 Å². The Morgan fingerprint density at radius 1 is 0.830 bits per heavy atom. The van der Waals surface area contributed by atoms with Crippen LogP contribution >= 0.6 is 0 Å². The summed E-state index contributed by atoms with van der Waals surface area (Å²) >= 11 is 0. The molecule has 2 heterocycles. The largest absolute Gasteiger partial charge is 0.481 e. The quantitative estimate of drug-likeness (QED) is 0.142. The van der Waals surface area contributed by atoms with Crippen LogP contribution in [0.1, 0.15) is 92.4 Å². The lowest BCUT2D eigenvalue weighted by molar-refractivity contribution is -0.253. The molecule has 2 aliphatic heterocycles. The van der Waals surface area contributed by atoms with Crippen LogP contribution in [-0.4, -0.2) is 63.9 Å². The summed E-state index contributed by atoms with van der Waals surface area (Å²) in [4.78, 5) is 25.4. The van der Waals surface area contributed by atoms with Gasteiger partial charge in [-0.3, -0.25) is 14.5 Å². The number of nitrogens with zero attached hydrogens (tertiary/aromatic N) is 1. The second kappa shape index (κ2) is 17.5. The number of carbonyl (C=O) groups excluding carboxylic acids is 1. The van der Waals surface area contributed by atoms with E-state index in [1.807, 2.05) is 48.5 Å². The van der Waals surface area contributed by atoms with Crippen LogP contribution in [0, 0.1) is 0 Å². The Bertz CT molecular complexity index is 1450. The molecule has 4 atom stereocenters. The van der Waals surface area contributed by atoms with Gasteiger partial charge in [-0.05, 0) is 72.2 Å². The van der Waals surface area contributed by atoms with E-state index in [4.69, 9.17) is 14.6 Å². The van der Waals surface area contributed by atoms with E-state index in [-0.39, 0.29) is 43.8 Å². The topological polar surface area (TPSA) is 129 Å². The number of ether oxygens (including phenoxy) is 2. The Morgan fingerprint density at radius 2 is 1.57 bits per heavy atom. The number of carboxylic acids is 1. The molecule has 9 heteroatoms. The van der Waals surface area contributed by atoms with Crippen LogP contribution in [-0.2, 0) is 32.2 Å². The molecule has 0 saturated carbocycles. The molecule has 0 aliphatic carbocycles. The lowest BCUT2D eigenvalue weighted by Gasteiger charge is -2.38. The zero-order valence-electron chi connectivity index (χ0n) is 27.1. The molecule has 4 N–H and O–H groups in total. The molecule has 0 bridgehead atoms. The van der Waals surface area contributed by atoms with Gasteiger partial charge in [0.05, 0.1) is 25.4 Å². The van der Waals surface area contributed by atoms with Gasteiger partial charge in [0, 0.05) is 44.0 Å². The summed E-state index contributed by atoms with van der Waals surface area (Å²) in [6.45, 7) is 2.26. The molecule has 9 nitrogen and oxygen atoms in total. The first-order valence-electron chi connectivity index (χ1n) is 16.9. The van der Waals surface area contributed by atoms with Gasteiger partial charge in [-0.2, -0.15) is 0 Å². The minimum Gasteiger partial charge on any atom is -0.481 e. The summed E-state index contributed by atoms with van der Waals surface area (Å²) in [7, 11) is 0. The summed E-state index contributed by atoms with van der Waals surface area (Å²) < 4.78 is 13.2. The van der Waals surface area contributed by atoms with Crippen molar-refractivity contribution < 1.29 is 34.4 Å². The third kappa shape index (κ3) is 10.2. The summed E-state index contributed by atoms with van der Waals surface area (Å²) in [6, 6.07) is 24.4. The SMILES string of the molecule is O=C(O)CCCCCCC(=O)NCc1cccc(-c2cccc([C@H]3O[C@@H](CN4CCC[C@H]4CO)C[C@@H](c4ccc(CO)cc4)O3)c2)c1. The lowest BCUT2D eigenvalue weighted by Crippen LogP contribution is -2.42. The molecule has 0 aromatic heterocycles. The van der Waals surface area contributed by atoms with Crippen molar-refractivity contribution in [3.63, 3.8) is 0 Å². The van der Waals surface area contributed by atoms with E-state index >= 15 is 0 Å². The fourth-order valence-corrected chi connectivity index (χ4v) is 6.57. The molecule has 2 fully saturated rings. The van der Waals surface area contributed by atoms with Crippen molar-refractivity contribution in [2.75, 3.05) is 19.7 Å². The highest BCUT2D eigenvalue weighted by atomic mass is 16.7. The maximum atomic E-state index is 12.4. The fourth-order valence-electron chi connectivity index (χ4n) is 6.57. The van der Waals surface area contributed by atoms with E-state index in [9.17, 15) is 19.8 Å². The van der Waals surface area contributed by atoms with Crippen LogP contribution in [0.2, 0.25) is 0 Å². The minimum atomic E-state index is -0.776. The van der Waals surface area contributed by atoms with Crippen LogP contribution in [0.4, 0.5) is 0 Å². The van der Waals surface area contributed by atoms with Crippen LogP contribution in [0.5, 0.6) is 0 Å². The van der Waals surface area contributed by atoms with Crippen molar-refractivity contribution in [1.29, 1.82) is 0 Å². The van der Waals surface area contributed by atoms with Gasteiger partial charge in [-0.1, -0.05) is 73.5 Å². The maximum absolute atomic E-state index is 12.4. The number of likely N-dealkylation sites (tertiary alicyclic amines) is 1. The van der Waals surface area contributed by atoms with Crippen molar-refractivity contribution in [2.24, 2.45) is 0 Å². The molecular formula is C38H48N2O7. The van der Waals surface area contributed by atoms with Crippen LogP contribution in [0.25, 0.3) is 11.1 Å². The molecule has 2 saturated heterocycles. The van der Waals surface area contributed by atoms with E-state index < -0.39 is 12.3 Å². The highest BCUT2D eigenvalue weighted by Crippen LogP contribution is 2.39. The number of aliphatic hydroxyl groups excluding tert-OH is 2. The number of amides is 1. The molecule has 2 aliphatic rings. The van der Waals surface area contributed by atoms with E-state index in [2.05, 4.69) is 34.5 Å². The molecule has 5 rings (SSSR count). The Kier molecular flexibility index (Phi) is 12.9. The number of rotatable bonds is 16. The Hall–Kier alpha value is -3.60. The molecule has 252 valence electrons. The number of unbranched alkanes of at least 4 members (excludes halogenated alkanes) is 3. The number of hydrogen-bond donors (Lipinski definition) is 4. The van der Waals surface area contributed by atoms with Gasteiger partial charge in [-0.15, -0.1) is 0 Å². The zero-order valence-corrected chi connectivity index (χ0v) is 27.1. The molecule has 1 amide bonds. The number of benzene rings is 3. The van der Waals surface area contributed by atoms with Gasteiger partial charge in [0.15, 0.2) is 6.29 Å². The first kappa shape index (κ1) is 34.7. The Balaban J connectivity index is 1.24. The summed E-state index contributed by atoms with van der Waals surface area (Å²) in [5.74, 6) is -0.779. The van der Waals surface area contributed by atoms with E-state index in [1.54, 1.807) is 0 Å². The van der Waals surface area contributed by atoms with Gasteiger partial charge in [0.25, 0.3) is 0 Å². The highest BCUT2D eigenvalue weighted by molar-refractivity contribution is 5.76. The average molecular weight is 645 g/mol. The molecule has 47 heavy (non-hydrogen) atoms. The standard InChI is InChI=1S/C38H48N2O7/c41-25-27-15-17-29(18-16-27)35-22-34(24-40-19-7-12-33(40)26-42)46-38(47-35)32-11-6-10-31(21-32)30-9-5-8-28(20-30)23-39-36(43)13-3-1-2-4-14-37(44)45/h5-6,8-11,15-18,20-21,33-35,38,41-42H,1-4,7,12-14,19,22-26H2,(H,39,43)(H,44,45)/t33-,34+,35-,38-/m0/s1. The number of carbonyl (C=O) groups is 2. The lowest BCUT2D eigenvalue weighted by atomic mass is 9.98. The monoisotopic (exact) mass is 644 g/mol. The average Bonchev–Trinajstić information content (AvgIpc) is 3.55. The van der Waals surface area contributed by atoms with Crippen LogP contribution < -0.4 is 5.32 Å². The molecular weight excluding hydrogens is 596 g/mol. The second-order valence-corrected chi connectivity index (χ2v) is 12.7. The summed E-state index contributed by atoms with van der Waals surface area (Å²) in [5, 5.41) is 31.2. The van der Waals surface area contributed by atoms with Gasteiger partial charge in [-0.25, -0.2) is 0 Å². The maximum Gasteiger partial charge on any atom is 0.303 e. The van der Waals surface area contributed by atoms with Gasteiger partial charge >= 0.3 is 5.97 Å². The highest BCUT2D eigenvalue weighted by Gasteiger charge is 2.35. The second-order valence-electron chi connectivity index (χ2n) is 12.7. The fraction of sp³-hybridized carbons (Fsp3) is 0.474. The van der Waals surface area contributed by atoms with Crippen molar-refractivity contribution in [1.82, 2.24) is 10.2 Å². The first-order chi connectivity index (χ1) is 22.9. The van der Waals surface area contributed by atoms with E-state index in [0.717, 1.165) is 78.6 Å². The molecule has 3 aromatic carbocycles. The smallest absolute Gasteiger partial charge is 0.303 e. The third-order valence-corrected chi connectivity index (χ3v) is 9.22. The molecule has 0 spiro atoms. The Morgan fingerprint density at radius 3 is 2.32 bits per heavy atom. The number of hydrogen-bond acceptors (Lipinski definition) is 7. The van der Waals surface area contributed by atoms with E-state index in [0.29, 0.717) is 25.8 Å². The van der Waals surface area contributed by atoms with Gasteiger partial charge in [0.2, 0.25) is 5.91 Å². The molecule has 3 aromatic rings. The first-order valence-corrected chi connectivity index (χ1v) is 16.9. The van der Waals surface area contributed by atoms with Crippen molar-refractivity contribution >= 4 is 11.9 Å². The Labute approximate surface area is 277 Å². The predicted octanol–water partition coefficient (Wildman–Crippen LogP) is 5.89. The predicted molar refractivity (Wildman–Crippen MR) is 179 cm³/mol. The molecule has 0 unspecified atom stereocenters. The van der Waals surface area contributed by atoms with Crippen molar-refractivity contribution in [3.8, 4) is 11.1 Å². The number of aliphatic carboxylic acids is 1. The van der Waals surface area contributed by atoms with Crippen LogP contribution in [0.3, 0.4) is 0 Å². The number of aliphatic hydroxyl groups is 2. The minimum absolute atomic E-state index is 0.00317. The van der Waals surface area contributed by atoms with Gasteiger partial charge in [0.1, 0.15) is 0 Å². The summed E-state index contributed by atoms with van der Waals surface area (Å²) in [5.41, 5.74) is 5.88. The van der Waals surface area contributed by atoms with Gasteiger partial charge < -0.3 is 30.1 Å². The van der Waals surface area contributed by atoms with Crippen molar-refractivity contribution in [2.45, 2.75) is 95.5 Å². The number of nitrogens with one attached hydrogen (secondary N) is 1. The molecule has 0 radical (unpaired) electrons. The normalized spacial score (nSPS) is 21.5. The third-order valence-electron chi connectivity index (χ3n) is 9.22. The summed E-state index contributed by atoms with van der Waals surface area (Å²) in [6.07, 6.45) is 5.61. The number of carboxylic acid groups (broad SMARTS) is 1. The zero-order chi connectivity index (χ0) is 33.0. The van der Waals surface area contributed by atoms with Crippen molar-refractivity contribution in [3.05, 3.63) is 95.1 Å².